The molecule has 0 bridgehead atoms. The quantitative estimate of drug-likeness (QED) is 0.792. The zero-order valence-corrected chi connectivity index (χ0v) is 7.76. The van der Waals surface area contributed by atoms with E-state index >= 15 is 0 Å². The first-order valence-electron chi connectivity index (χ1n) is 3.17. The fraction of sp³-hybridized carbons (Fsp3) is 0.167. The van der Waals surface area contributed by atoms with E-state index in [1.165, 1.54) is 6.33 Å². The van der Waals surface area contributed by atoms with Crippen molar-refractivity contribution in [3.05, 3.63) is 23.2 Å². The van der Waals surface area contributed by atoms with Crippen LogP contribution < -0.4 is 5.32 Å². The number of carbonyl (C=O) groups is 1. The third-order valence-electron chi connectivity index (χ3n) is 1.07. The second kappa shape index (κ2) is 4.01. The molecule has 0 aliphatic heterocycles. The van der Waals surface area contributed by atoms with Gasteiger partial charge in [-0.15, -0.1) is 0 Å². The van der Waals surface area contributed by atoms with Gasteiger partial charge in [-0.1, -0.05) is 22.5 Å². The molecule has 0 aliphatic rings. The van der Waals surface area contributed by atoms with Crippen LogP contribution >= 0.6 is 15.9 Å². The summed E-state index contributed by atoms with van der Waals surface area (Å²) in [5.74, 6) is -0.100. The van der Waals surface area contributed by atoms with E-state index in [-0.39, 0.29) is 11.7 Å². The standard InChI is InChI=1S/C6H7BrN4O/c1-4(7)2-8-6(12)5-9-3-10-11-5/h3H,1-2H2,(H,8,12)(H,9,10,11). The molecule has 1 rings (SSSR count). The zero-order chi connectivity index (χ0) is 8.97. The van der Waals surface area contributed by atoms with Crippen molar-refractivity contribution < 1.29 is 4.79 Å². The van der Waals surface area contributed by atoms with E-state index in [4.69, 9.17) is 0 Å². The second-order valence-electron chi connectivity index (χ2n) is 2.03. The molecule has 1 heterocycles. The minimum atomic E-state index is -0.298. The highest BCUT2D eigenvalue weighted by Crippen LogP contribution is 1.97. The van der Waals surface area contributed by atoms with Crippen LogP contribution in [0.4, 0.5) is 0 Å². The van der Waals surface area contributed by atoms with Gasteiger partial charge >= 0.3 is 0 Å². The highest BCUT2D eigenvalue weighted by molar-refractivity contribution is 9.11. The van der Waals surface area contributed by atoms with E-state index in [2.05, 4.69) is 43.0 Å². The Bertz CT molecular complexity index is 282. The topological polar surface area (TPSA) is 70.7 Å². The summed E-state index contributed by atoms with van der Waals surface area (Å²) in [7, 11) is 0. The zero-order valence-electron chi connectivity index (χ0n) is 6.17. The fourth-order valence-electron chi connectivity index (χ4n) is 0.575. The summed E-state index contributed by atoms with van der Waals surface area (Å²) in [6.07, 6.45) is 1.28. The first-order valence-corrected chi connectivity index (χ1v) is 3.96. The lowest BCUT2D eigenvalue weighted by Gasteiger charge is -1.99. The van der Waals surface area contributed by atoms with Crippen LogP contribution in [-0.4, -0.2) is 27.6 Å². The van der Waals surface area contributed by atoms with Crippen LogP contribution in [0.2, 0.25) is 0 Å². The normalized spacial score (nSPS) is 9.42. The molecule has 12 heavy (non-hydrogen) atoms. The molecule has 0 aromatic carbocycles. The molecule has 64 valence electrons. The summed E-state index contributed by atoms with van der Waals surface area (Å²) >= 11 is 3.11. The lowest BCUT2D eigenvalue weighted by molar-refractivity contribution is 0.0948. The van der Waals surface area contributed by atoms with Crippen LogP contribution in [-0.2, 0) is 0 Å². The number of hydrogen-bond acceptors (Lipinski definition) is 3. The molecule has 1 amide bonds. The number of halogens is 1. The maximum absolute atomic E-state index is 11.1. The van der Waals surface area contributed by atoms with Crippen molar-refractivity contribution in [2.24, 2.45) is 0 Å². The van der Waals surface area contributed by atoms with Crippen LogP contribution in [0, 0.1) is 0 Å². The van der Waals surface area contributed by atoms with Gasteiger partial charge in [0.05, 0.1) is 0 Å². The first-order chi connectivity index (χ1) is 5.70. The molecular weight excluding hydrogens is 224 g/mol. The molecule has 6 heteroatoms. The molecule has 0 unspecified atom stereocenters. The van der Waals surface area contributed by atoms with Crippen molar-refractivity contribution in [3.8, 4) is 0 Å². The molecule has 0 fully saturated rings. The Morgan fingerprint density at radius 3 is 3.08 bits per heavy atom. The highest BCUT2D eigenvalue weighted by atomic mass is 79.9. The smallest absolute Gasteiger partial charge is 0.288 e. The van der Waals surface area contributed by atoms with Crippen LogP contribution in [0.1, 0.15) is 10.6 Å². The molecule has 2 N–H and O–H groups in total. The molecule has 0 saturated carbocycles. The lowest BCUT2D eigenvalue weighted by Crippen LogP contribution is -2.25. The number of aromatic amines is 1. The fourth-order valence-corrected chi connectivity index (χ4v) is 0.715. The van der Waals surface area contributed by atoms with Crippen LogP contribution in [0.3, 0.4) is 0 Å². The Morgan fingerprint density at radius 2 is 2.58 bits per heavy atom. The van der Waals surface area contributed by atoms with E-state index in [1.807, 2.05) is 0 Å². The van der Waals surface area contributed by atoms with Crippen molar-refractivity contribution in [1.82, 2.24) is 20.5 Å². The van der Waals surface area contributed by atoms with Gasteiger partial charge in [0.25, 0.3) is 5.91 Å². The maximum Gasteiger partial charge on any atom is 0.288 e. The van der Waals surface area contributed by atoms with Gasteiger partial charge in [-0.3, -0.25) is 9.89 Å². The highest BCUT2D eigenvalue weighted by Gasteiger charge is 2.06. The Balaban J connectivity index is 2.45. The molecular formula is C6H7BrN4O. The second-order valence-corrected chi connectivity index (χ2v) is 3.16. The number of H-pyrrole nitrogens is 1. The van der Waals surface area contributed by atoms with E-state index in [0.29, 0.717) is 11.0 Å². The summed E-state index contributed by atoms with van der Waals surface area (Å²) in [5.41, 5.74) is 0. The number of carbonyl (C=O) groups excluding carboxylic acids is 1. The molecule has 1 aromatic heterocycles. The van der Waals surface area contributed by atoms with E-state index in [9.17, 15) is 4.79 Å². The van der Waals surface area contributed by atoms with Crippen molar-refractivity contribution >= 4 is 21.8 Å². The van der Waals surface area contributed by atoms with E-state index < -0.39 is 0 Å². The average molecular weight is 231 g/mol. The summed E-state index contributed by atoms with van der Waals surface area (Å²) in [6.45, 7) is 3.94. The summed E-state index contributed by atoms with van der Waals surface area (Å²) in [5, 5.41) is 8.55. The molecule has 0 radical (unpaired) electrons. The Labute approximate surface area is 77.4 Å². The van der Waals surface area contributed by atoms with Gasteiger partial charge < -0.3 is 5.32 Å². The number of hydrogen-bond donors (Lipinski definition) is 2. The SMILES string of the molecule is C=C(Br)CNC(=O)c1ncn[nH]1. The number of nitrogens with zero attached hydrogens (tertiary/aromatic N) is 2. The summed E-state index contributed by atoms with van der Waals surface area (Å²) in [6, 6.07) is 0. The minimum absolute atomic E-state index is 0.198. The molecule has 0 atom stereocenters. The van der Waals surface area contributed by atoms with Crippen LogP contribution in [0.15, 0.2) is 17.4 Å². The monoisotopic (exact) mass is 230 g/mol. The number of aromatic nitrogens is 3. The van der Waals surface area contributed by atoms with Crippen LogP contribution in [0.25, 0.3) is 0 Å². The van der Waals surface area contributed by atoms with Crippen molar-refractivity contribution in [3.63, 3.8) is 0 Å². The van der Waals surface area contributed by atoms with Gasteiger partial charge in [-0.05, 0) is 0 Å². The summed E-state index contributed by atoms with van der Waals surface area (Å²) < 4.78 is 0.704. The van der Waals surface area contributed by atoms with Crippen molar-refractivity contribution in [2.45, 2.75) is 0 Å². The lowest BCUT2D eigenvalue weighted by atomic mass is 10.5. The average Bonchev–Trinajstić information content (AvgIpc) is 2.51. The van der Waals surface area contributed by atoms with Gasteiger partial charge in [0.1, 0.15) is 6.33 Å². The molecule has 5 nitrogen and oxygen atoms in total. The minimum Gasteiger partial charge on any atom is -0.345 e. The number of amides is 1. The Hall–Kier alpha value is -1.17. The predicted octanol–water partition coefficient (Wildman–Crippen LogP) is 0.443. The summed E-state index contributed by atoms with van der Waals surface area (Å²) in [4.78, 5) is 14.8. The maximum atomic E-state index is 11.1. The third kappa shape index (κ3) is 2.46. The van der Waals surface area contributed by atoms with Crippen molar-refractivity contribution in [2.75, 3.05) is 6.54 Å². The first kappa shape index (κ1) is 8.92. The molecule has 1 aromatic rings. The van der Waals surface area contributed by atoms with Crippen LogP contribution in [0.5, 0.6) is 0 Å². The van der Waals surface area contributed by atoms with E-state index in [1.54, 1.807) is 0 Å². The predicted molar refractivity (Wildman–Crippen MR) is 46.8 cm³/mol. The Morgan fingerprint density at radius 1 is 1.83 bits per heavy atom. The van der Waals surface area contributed by atoms with Gasteiger partial charge in [0.2, 0.25) is 5.82 Å². The van der Waals surface area contributed by atoms with E-state index in [0.717, 1.165) is 0 Å². The third-order valence-corrected chi connectivity index (χ3v) is 1.35. The molecule has 0 aliphatic carbocycles. The van der Waals surface area contributed by atoms with Gasteiger partial charge in [0, 0.05) is 11.0 Å². The largest absolute Gasteiger partial charge is 0.345 e. The van der Waals surface area contributed by atoms with Crippen molar-refractivity contribution in [1.29, 1.82) is 0 Å². The Kier molecular flexibility index (Phi) is 2.98. The number of nitrogens with one attached hydrogen (secondary N) is 2. The van der Waals surface area contributed by atoms with Gasteiger partial charge in [0.15, 0.2) is 0 Å². The molecule has 0 saturated heterocycles. The van der Waals surface area contributed by atoms with Gasteiger partial charge in [-0.25, -0.2) is 4.98 Å². The molecule has 0 spiro atoms. The van der Waals surface area contributed by atoms with Gasteiger partial charge in [-0.2, -0.15) is 5.10 Å². The number of rotatable bonds is 3.